The van der Waals surface area contributed by atoms with Crippen LogP contribution < -0.4 is 9.46 Å². The van der Waals surface area contributed by atoms with Gasteiger partial charge in [-0.05, 0) is 32.0 Å². The summed E-state index contributed by atoms with van der Waals surface area (Å²) in [5, 5.41) is 0.0919. The lowest BCUT2D eigenvalue weighted by Crippen LogP contribution is -2.36. The standard InChI is InChI=1S/C16H19FN4O3S2.C6H6.H2/c17-12-8-11-13(21-5-2-1-3-6-21)4-7-24-14(11)9-15(12)26(22,23)20-16-18-10-19-25-16;1-2-4-6-5-3-1;/h8-10,13H,1-7H2,(H,18,19,20);1-6H;1H/t13-;;/m0../s1. The Balaban J connectivity index is 0.000000382. The van der Waals surface area contributed by atoms with Crippen molar-refractivity contribution in [2.24, 2.45) is 0 Å². The lowest BCUT2D eigenvalue weighted by atomic mass is 9.96. The molecule has 0 unspecified atom stereocenters. The molecular weight excluding hydrogens is 451 g/mol. The highest BCUT2D eigenvalue weighted by Gasteiger charge is 2.31. The van der Waals surface area contributed by atoms with Crippen molar-refractivity contribution in [3.8, 4) is 5.75 Å². The first kappa shape index (κ1) is 22.6. The Labute approximate surface area is 193 Å². The molecule has 2 aliphatic heterocycles. The number of rotatable bonds is 4. The molecule has 32 heavy (non-hydrogen) atoms. The van der Waals surface area contributed by atoms with E-state index in [4.69, 9.17) is 4.74 Å². The third kappa shape index (κ3) is 5.43. The summed E-state index contributed by atoms with van der Waals surface area (Å²) < 4.78 is 51.4. The van der Waals surface area contributed by atoms with Gasteiger partial charge >= 0.3 is 0 Å². The molecule has 0 spiro atoms. The van der Waals surface area contributed by atoms with Gasteiger partial charge in [-0.1, -0.05) is 42.8 Å². The Morgan fingerprint density at radius 3 is 2.41 bits per heavy atom. The molecule has 1 aromatic heterocycles. The molecule has 1 fully saturated rings. The number of fused-ring (bicyclic) bond motifs is 1. The molecule has 172 valence electrons. The van der Waals surface area contributed by atoms with Crippen LogP contribution in [0.1, 0.15) is 38.7 Å². The van der Waals surface area contributed by atoms with Gasteiger partial charge in [0.2, 0.25) is 5.13 Å². The van der Waals surface area contributed by atoms with Crippen molar-refractivity contribution in [2.45, 2.75) is 36.6 Å². The number of piperidine rings is 1. The number of aromatic nitrogens is 2. The van der Waals surface area contributed by atoms with E-state index in [2.05, 4.69) is 19.0 Å². The molecule has 0 aliphatic carbocycles. The molecule has 1 saturated heterocycles. The van der Waals surface area contributed by atoms with Gasteiger partial charge in [0.05, 0.1) is 6.61 Å². The van der Waals surface area contributed by atoms with Gasteiger partial charge in [-0.2, -0.15) is 4.37 Å². The summed E-state index contributed by atoms with van der Waals surface area (Å²) >= 11 is 0.887. The maximum atomic E-state index is 14.7. The molecule has 0 saturated carbocycles. The minimum Gasteiger partial charge on any atom is -0.493 e. The third-order valence-electron chi connectivity index (χ3n) is 5.44. The predicted octanol–water partition coefficient (Wildman–Crippen LogP) is 4.72. The van der Waals surface area contributed by atoms with E-state index in [0.717, 1.165) is 49.4 Å². The number of nitrogens with zero attached hydrogens (tertiary/aromatic N) is 3. The van der Waals surface area contributed by atoms with Gasteiger partial charge in [-0.3, -0.25) is 9.62 Å². The fourth-order valence-electron chi connectivity index (χ4n) is 3.96. The van der Waals surface area contributed by atoms with Crippen molar-refractivity contribution >= 4 is 26.7 Å². The normalized spacial score (nSPS) is 18.6. The van der Waals surface area contributed by atoms with E-state index in [1.54, 1.807) is 0 Å². The van der Waals surface area contributed by atoms with Crippen LogP contribution in [0.25, 0.3) is 0 Å². The van der Waals surface area contributed by atoms with Crippen LogP contribution in [0.4, 0.5) is 9.52 Å². The number of anilines is 1. The maximum Gasteiger partial charge on any atom is 0.266 e. The molecular formula is C22H27FN4O3S2. The summed E-state index contributed by atoms with van der Waals surface area (Å²) in [6, 6.07) is 14.7. The van der Waals surface area contributed by atoms with Gasteiger partial charge in [0, 0.05) is 37.1 Å². The van der Waals surface area contributed by atoms with Gasteiger partial charge in [-0.15, -0.1) is 0 Å². The molecule has 1 N–H and O–H groups in total. The number of hydrogen-bond acceptors (Lipinski definition) is 7. The molecule has 3 aromatic rings. The molecule has 7 nitrogen and oxygen atoms in total. The molecule has 10 heteroatoms. The Kier molecular flexibility index (Phi) is 7.33. The van der Waals surface area contributed by atoms with Crippen LogP contribution in [-0.2, 0) is 10.0 Å². The van der Waals surface area contributed by atoms with E-state index >= 15 is 0 Å². The van der Waals surface area contributed by atoms with Crippen molar-refractivity contribution in [3.05, 3.63) is 66.2 Å². The number of ether oxygens (including phenoxy) is 1. The van der Waals surface area contributed by atoms with Gasteiger partial charge < -0.3 is 4.74 Å². The number of likely N-dealkylation sites (tertiary alicyclic amines) is 1. The van der Waals surface area contributed by atoms with Crippen LogP contribution in [-0.4, -0.2) is 42.4 Å². The minimum absolute atomic E-state index is 0. The highest BCUT2D eigenvalue weighted by atomic mass is 32.2. The van der Waals surface area contributed by atoms with Crippen LogP contribution in [0.15, 0.2) is 59.8 Å². The van der Waals surface area contributed by atoms with E-state index in [1.807, 2.05) is 36.4 Å². The summed E-state index contributed by atoms with van der Waals surface area (Å²) in [4.78, 5) is 5.68. The number of halogens is 1. The second-order valence-corrected chi connectivity index (χ2v) is 10.0. The largest absolute Gasteiger partial charge is 0.493 e. The van der Waals surface area contributed by atoms with Crippen LogP contribution in [0, 0.1) is 5.82 Å². The van der Waals surface area contributed by atoms with Crippen LogP contribution >= 0.6 is 11.5 Å². The molecule has 2 aliphatic rings. The fourth-order valence-corrected chi connectivity index (χ4v) is 5.70. The van der Waals surface area contributed by atoms with Gasteiger partial charge in [0.25, 0.3) is 10.0 Å². The van der Waals surface area contributed by atoms with Crippen molar-refractivity contribution in [3.63, 3.8) is 0 Å². The molecule has 5 rings (SSSR count). The van der Waals surface area contributed by atoms with Crippen LogP contribution in [0.2, 0.25) is 0 Å². The number of sulfonamides is 1. The summed E-state index contributed by atoms with van der Waals surface area (Å²) in [6.45, 7) is 2.44. The van der Waals surface area contributed by atoms with Gasteiger partial charge in [0.15, 0.2) is 0 Å². The van der Waals surface area contributed by atoms with Crippen molar-refractivity contribution < 1.29 is 19.0 Å². The lowest BCUT2D eigenvalue weighted by Gasteiger charge is -2.38. The van der Waals surface area contributed by atoms with E-state index in [0.29, 0.717) is 12.4 Å². The van der Waals surface area contributed by atoms with Crippen molar-refractivity contribution in [2.75, 3.05) is 24.4 Å². The number of nitrogens with one attached hydrogen (secondary N) is 1. The summed E-state index contributed by atoms with van der Waals surface area (Å²) in [7, 11) is -4.10. The molecule has 3 heterocycles. The van der Waals surface area contributed by atoms with Gasteiger partial charge in [0.1, 0.15) is 22.8 Å². The number of hydrogen-bond donors (Lipinski definition) is 1. The summed E-state index contributed by atoms with van der Waals surface area (Å²) in [5.41, 5.74) is 0.727. The average Bonchev–Trinajstić information content (AvgIpc) is 3.33. The van der Waals surface area contributed by atoms with Crippen molar-refractivity contribution in [1.82, 2.24) is 14.3 Å². The summed E-state index contributed by atoms with van der Waals surface area (Å²) in [6.07, 6.45) is 5.50. The Bertz CT molecular complexity index is 1090. The number of benzene rings is 2. The smallest absolute Gasteiger partial charge is 0.266 e. The van der Waals surface area contributed by atoms with E-state index < -0.39 is 20.7 Å². The SMILES string of the molecule is O=S(=O)(Nc1ncns1)c1cc2c(cc1F)[C@@H](N1CCCCC1)CCO2.[HH].c1ccccc1. The highest BCUT2D eigenvalue weighted by Crippen LogP contribution is 2.39. The Hall–Kier alpha value is -2.56. The second kappa shape index (κ2) is 10.4. The zero-order chi connectivity index (χ0) is 22.4. The fraction of sp³-hybridized carbons (Fsp3) is 0.364. The third-order valence-corrected chi connectivity index (χ3v) is 7.51. The summed E-state index contributed by atoms with van der Waals surface area (Å²) in [5.74, 6) is -0.348. The zero-order valence-electron chi connectivity index (χ0n) is 17.5. The topological polar surface area (TPSA) is 84.4 Å². The molecule has 2 aromatic carbocycles. The highest BCUT2D eigenvalue weighted by molar-refractivity contribution is 7.93. The Morgan fingerprint density at radius 2 is 1.78 bits per heavy atom. The van der Waals surface area contributed by atoms with Crippen LogP contribution in [0.3, 0.4) is 0 Å². The first-order valence-electron chi connectivity index (χ1n) is 10.5. The Morgan fingerprint density at radius 1 is 1.09 bits per heavy atom. The minimum atomic E-state index is -4.10. The first-order chi connectivity index (χ1) is 15.5. The monoisotopic (exact) mass is 478 g/mol. The zero-order valence-corrected chi connectivity index (χ0v) is 19.1. The molecule has 0 radical (unpaired) electrons. The van der Waals surface area contributed by atoms with Crippen molar-refractivity contribution in [1.29, 1.82) is 0 Å². The predicted molar refractivity (Wildman–Crippen MR) is 124 cm³/mol. The van der Waals surface area contributed by atoms with E-state index in [-0.39, 0.29) is 12.6 Å². The van der Waals surface area contributed by atoms with E-state index in [9.17, 15) is 12.8 Å². The maximum absolute atomic E-state index is 14.7. The van der Waals surface area contributed by atoms with Gasteiger partial charge in [-0.25, -0.2) is 17.8 Å². The molecule has 0 bridgehead atoms. The molecule has 0 amide bonds. The van der Waals surface area contributed by atoms with E-state index in [1.165, 1.54) is 24.9 Å². The lowest BCUT2D eigenvalue weighted by molar-refractivity contribution is 0.118. The average molecular weight is 479 g/mol. The second-order valence-electron chi connectivity index (χ2n) is 7.58. The van der Waals surface area contributed by atoms with Crippen LogP contribution in [0.5, 0.6) is 5.75 Å². The quantitative estimate of drug-likeness (QED) is 0.584. The molecule has 1 atom stereocenters. The first-order valence-corrected chi connectivity index (χ1v) is 12.8.